The monoisotopic (exact) mass is 544 g/mol. The Bertz CT molecular complexity index is 1490. The fourth-order valence-corrected chi connectivity index (χ4v) is 6.63. The molecule has 7 nitrogen and oxygen atoms in total. The van der Waals surface area contributed by atoms with Gasteiger partial charge in [-0.15, -0.1) is 0 Å². The van der Waals surface area contributed by atoms with Gasteiger partial charge in [0.25, 0.3) is 0 Å². The van der Waals surface area contributed by atoms with Gasteiger partial charge in [0, 0.05) is 39.1 Å². The van der Waals surface area contributed by atoms with Crippen molar-refractivity contribution in [1.29, 1.82) is 0 Å². The van der Waals surface area contributed by atoms with Crippen LogP contribution < -0.4 is 15.0 Å². The summed E-state index contributed by atoms with van der Waals surface area (Å²) in [6.07, 6.45) is 3.54. The van der Waals surface area contributed by atoms with Gasteiger partial charge >= 0.3 is 6.03 Å². The molecule has 0 aliphatic carbocycles. The Hall–Kier alpha value is -3.65. The van der Waals surface area contributed by atoms with E-state index in [4.69, 9.17) is 4.74 Å². The van der Waals surface area contributed by atoms with Crippen LogP contribution in [0.2, 0.25) is 0 Å². The number of ether oxygens (including phenoxy) is 1. The zero-order valence-electron chi connectivity index (χ0n) is 23.0. The minimum Gasteiger partial charge on any atom is -0.493 e. The third-order valence-corrected chi connectivity index (χ3v) is 8.87. The highest BCUT2D eigenvalue weighted by Crippen LogP contribution is 2.35. The Morgan fingerprint density at radius 1 is 1.13 bits per heavy atom. The van der Waals surface area contributed by atoms with Gasteiger partial charge in [0.1, 0.15) is 11.6 Å². The van der Waals surface area contributed by atoms with E-state index in [-0.39, 0.29) is 11.4 Å². The quantitative estimate of drug-likeness (QED) is 0.260. The van der Waals surface area contributed by atoms with E-state index in [1.165, 1.54) is 0 Å². The van der Waals surface area contributed by atoms with Gasteiger partial charge in [-0.25, -0.2) is 9.69 Å². The Balaban J connectivity index is 1.42. The Morgan fingerprint density at radius 3 is 2.62 bits per heavy atom. The van der Waals surface area contributed by atoms with Crippen LogP contribution in [-0.4, -0.2) is 38.5 Å². The van der Waals surface area contributed by atoms with Gasteiger partial charge in [0.05, 0.1) is 24.2 Å². The van der Waals surface area contributed by atoms with Crippen LogP contribution >= 0.6 is 0 Å². The van der Waals surface area contributed by atoms with Gasteiger partial charge in [0.2, 0.25) is 0 Å². The maximum Gasteiger partial charge on any atom is 0.332 e. The second-order valence-corrected chi connectivity index (χ2v) is 12.8. The topological polar surface area (TPSA) is 87.3 Å². The summed E-state index contributed by atoms with van der Waals surface area (Å²) >= 11 is 0. The molecular weight excluding hydrogens is 508 g/mol. The van der Waals surface area contributed by atoms with Crippen LogP contribution in [0.5, 0.6) is 5.75 Å². The Kier molecular flexibility index (Phi) is 7.75. The highest BCUT2D eigenvalue weighted by molar-refractivity contribution is 7.85. The molecule has 2 amide bonds. The van der Waals surface area contributed by atoms with Crippen molar-refractivity contribution in [1.82, 2.24) is 10.2 Å². The fourth-order valence-electron chi connectivity index (χ4n) is 5.01. The number of anilines is 3. The minimum atomic E-state index is -0.675. The molecule has 4 aromatic rings. The van der Waals surface area contributed by atoms with Gasteiger partial charge < -0.3 is 10.1 Å². The Labute approximate surface area is 232 Å². The molecule has 3 aromatic carbocycles. The summed E-state index contributed by atoms with van der Waals surface area (Å²) in [4.78, 5) is 15.6. The number of nitrogens with zero attached hydrogens (tertiary/aromatic N) is 2. The van der Waals surface area contributed by atoms with E-state index in [0.29, 0.717) is 24.0 Å². The van der Waals surface area contributed by atoms with Gasteiger partial charge in [-0.1, -0.05) is 57.2 Å². The average Bonchev–Trinajstić information content (AvgIpc) is 3.58. The number of H-pyrrole nitrogens is 1. The summed E-state index contributed by atoms with van der Waals surface area (Å²) in [6.45, 7) is 9.06. The van der Waals surface area contributed by atoms with Gasteiger partial charge in [-0.05, 0) is 60.4 Å². The number of hydrogen-bond acceptors (Lipinski definition) is 4. The third-order valence-electron chi connectivity index (χ3n) is 7.33. The highest BCUT2D eigenvalue weighted by Gasteiger charge is 2.25. The summed E-state index contributed by atoms with van der Waals surface area (Å²) in [5.74, 6) is 3.41. The van der Waals surface area contributed by atoms with Crippen molar-refractivity contribution in [2.45, 2.75) is 46.0 Å². The molecule has 0 radical (unpaired) electrons. The largest absolute Gasteiger partial charge is 0.493 e. The molecule has 2 N–H and O–H groups in total. The number of hydrogen-bond donors (Lipinski definition) is 2. The molecule has 1 saturated heterocycles. The lowest BCUT2D eigenvalue weighted by Gasteiger charge is -2.27. The molecule has 39 heavy (non-hydrogen) atoms. The van der Waals surface area contributed by atoms with Crippen LogP contribution in [0.15, 0.2) is 66.9 Å². The molecule has 5 rings (SSSR count). The Morgan fingerprint density at radius 2 is 1.92 bits per heavy atom. The molecule has 1 aromatic heterocycles. The van der Waals surface area contributed by atoms with Crippen LogP contribution in [-0.2, 0) is 16.2 Å². The van der Waals surface area contributed by atoms with Crippen LogP contribution in [0.3, 0.4) is 0 Å². The molecule has 1 aliphatic rings. The van der Waals surface area contributed by atoms with Crippen LogP contribution in [0.25, 0.3) is 10.8 Å². The molecule has 0 bridgehead atoms. The van der Waals surface area contributed by atoms with Gasteiger partial charge in [-0.2, -0.15) is 5.10 Å². The molecule has 8 heteroatoms. The SMILES string of the molecule is Cc1ccc(C(C)(C)C)cc1N(C(=O)Nc1ccc(OCCC2CCS(=O)C2)c2ccccc12)c1ccn[nH]1. The predicted octanol–water partition coefficient (Wildman–Crippen LogP) is 7.08. The van der Waals surface area contributed by atoms with E-state index in [1.54, 1.807) is 17.2 Å². The van der Waals surface area contributed by atoms with Crippen molar-refractivity contribution in [3.05, 3.63) is 78.0 Å². The van der Waals surface area contributed by atoms with Crippen LogP contribution in [0.4, 0.5) is 22.0 Å². The summed E-state index contributed by atoms with van der Waals surface area (Å²) in [5.41, 5.74) is 3.53. The number of urea groups is 1. The van der Waals surface area contributed by atoms with E-state index >= 15 is 0 Å². The molecule has 2 heterocycles. The number of fused-ring (bicyclic) bond motifs is 1. The maximum atomic E-state index is 13.9. The zero-order valence-corrected chi connectivity index (χ0v) is 23.8. The van der Waals surface area contributed by atoms with E-state index in [9.17, 15) is 9.00 Å². The number of aromatic nitrogens is 2. The fraction of sp³-hybridized carbons (Fsp3) is 0.355. The van der Waals surface area contributed by atoms with Gasteiger partial charge in [-0.3, -0.25) is 9.31 Å². The molecule has 2 atom stereocenters. The van der Waals surface area contributed by atoms with Crippen LogP contribution in [0, 0.1) is 12.8 Å². The third kappa shape index (κ3) is 6.01. The summed E-state index contributed by atoms with van der Waals surface area (Å²) in [6, 6.07) is 19.5. The first-order valence-electron chi connectivity index (χ1n) is 13.4. The van der Waals surface area contributed by atoms with Crippen molar-refractivity contribution in [2.75, 3.05) is 28.3 Å². The standard InChI is InChI=1S/C31H36N4O3S/c1-21-9-10-23(31(2,3)4)19-27(21)35(29-13-16-32-34-29)30(36)33-26-11-12-28(25-8-6-5-7-24(25)26)38-17-14-22-15-18-39(37)20-22/h5-13,16,19,22H,14-15,17-18,20H2,1-4H3,(H,32,34)(H,33,36). The number of carbonyl (C=O) groups is 1. The van der Waals surface area contributed by atoms with E-state index in [0.717, 1.165) is 57.7 Å². The summed E-state index contributed by atoms with van der Waals surface area (Å²) < 4.78 is 17.9. The lowest BCUT2D eigenvalue weighted by atomic mass is 9.86. The number of aromatic amines is 1. The molecule has 0 saturated carbocycles. The van der Waals surface area contributed by atoms with Gasteiger partial charge in [0.15, 0.2) is 0 Å². The first kappa shape index (κ1) is 26.9. The number of amides is 2. The van der Waals surface area contributed by atoms with E-state index in [1.807, 2.05) is 43.3 Å². The second-order valence-electron chi connectivity index (χ2n) is 11.2. The molecule has 0 spiro atoms. The van der Waals surface area contributed by atoms with Crippen molar-refractivity contribution in [2.24, 2.45) is 5.92 Å². The second kappa shape index (κ2) is 11.2. The summed E-state index contributed by atoms with van der Waals surface area (Å²) in [7, 11) is -0.675. The lowest BCUT2D eigenvalue weighted by molar-refractivity contribution is 0.259. The number of rotatable bonds is 7. The number of aryl methyl sites for hydroxylation is 1. The first-order valence-corrected chi connectivity index (χ1v) is 14.9. The smallest absolute Gasteiger partial charge is 0.332 e. The van der Waals surface area contributed by atoms with E-state index in [2.05, 4.69) is 54.5 Å². The lowest BCUT2D eigenvalue weighted by Crippen LogP contribution is -2.32. The first-order chi connectivity index (χ1) is 18.7. The maximum absolute atomic E-state index is 13.9. The number of nitrogens with one attached hydrogen (secondary N) is 2. The number of carbonyl (C=O) groups excluding carboxylic acids is 1. The minimum absolute atomic E-state index is 0.0700. The van der Waals surface area contributed by atoms with Crippen molar-refractivity contribution in [3.63, 3.8) is 0 Å². The summed E-state index contributed by atoms with van der Waals surface area (Å²) in [5, 5.41) is 12.0. The zero-order chi connectivity index (χ0) is 27.6. The average molecular weight is 545 g/mol. The van der Waals surface area contributed by atoms with Crippen LogP contribution in [0.1, 0.15) is 44.7 Å². The predicted molar refractivity (Wildman–Crippen MR) is 160 cm³/mol. The molecule has 2 unspecified atom stereocenters. The van der Waals surface area contributed by atoms with Crippen molar-refractivity contribution < 1.29 is 13.7 Å². The molecule has 1 fully saturated rings. The molecule has 1 aliphatic heterocycles. The van der Waals surface area contributed by atoms with Crippen molar-refractivity contribution >= 4 is 44.8 Å². The molecular formula is C31H36N4O3S. The van der Waals surface area contributed by atoms with E-state index < -0.39 is 10.8 Å². The van der Waals surface area contributed by atoms with Crippen molar-refractivity contribution in [3.8, 4) is 5.75 Å². The number of benzene rings is 3. The highest BCUT2D eigenvalue weighted by atomic mass is 32.2. The normalized spacial score (nSPS) is 17.3. The molecule has 204 valence electrons.